The number of ether oxygens (including phenoxy) is 3. The fourth-order valence-electron chi connectivity index (χ4n) is 10.1. The normalized spacial score (nSPS) is 12.7. The summed E-state index contributed by atoms with van der Waals surface area (Å²) in [5.41, 5.74) is 9.85. The van der Waals surface area contributed by atoms with E-state index in [-0.39, 0.29) is 31.4 Å². The molecule has 84 heavy (non-hydrogen) atoms. The standard InChI is InChI=1S/C73H68N4O7/c1-71(2,3)57-38-51-34-49-44-63(77-76-62-32-30-61(31-33-62)75-74-60-28-20-13-21-29-60)45-50(64(49)78)35-52-39-58(72(4,5)6)41-54(66(52)83-69(80)47-24-16-11-17-25-47)37-56-43-59(73(7,8)9)42-55(67(56)84-70(81)48-26-18-12-19-27-48)36-53(40-57)65(51)82-68(79)46-22-14-10-15-23-46/h10-33,38-45,78H,34-37H2,1-9H3. The summed E-state index contributed by atoms with van der Waals surface area (Å²) in [5, 5.41) is 31.2. The number of fused-ring (bicyclic) bond motifs is 8. The largest absolute Gasteiger partial charge is 0.507 e. The summed E-state index contributed by atoms with van der Waals surface area (Å²) < 4.78 is 20.1. The molecule has 9 aromatic rings. The second-order valence-electron chi connectivity index (χ2n) is 24.5. The summed E-state index contributed by atoms with van der Waals surface area (Å²) >= 11 is 0. The summed E-state index contributed by atoms with van der Waals surface area (Å²) in [6.07, 6.45) is 0.432. The number of azo groups is 2. The molecule has 0 fully saturated rings. The van der Waals surface area contributed by atoms with E-state index in [1.807, 2.05) is 84.9 Å². The van der Waals surface area contributed by atoms with Crippen LogP contribution in [0.15, 0.2) is 215 Å². The first-order valence-electron chi connectivity index (χ1n) is 28.3. The molecule has 1 aliphatic rings. The summed E-state index contributed by atoms with van der Waals surface area (Å²) in [6, 6.07) is 59.3. The maximum Gasteiger partial charge on any atom is 0.343 e. The molecule has 9 aromatic carbocycles. The SMILES string of the molecule is CC(C)(C)c1cc2c(OC(=O)c3ccccc3)c(c1)Cc1cc(C(C)(C)C)cc(c1OC(=O)c1ccccc1)Cc1cc(C(C)(C)C)cc(c1OC(=O)c1ccccc1)Cc1cc(N=Nc3ccc(N=Nc4ccccc4)cc3)cc(c1O)C2. The van der Waals surface area contributed by atoms with Crippen molar-refractivity contribution in [3.8, 4) is 23.0 Å². The van der Waals surface area contributed by atoms with Crippen molar-refractivity contribution in [1.82, 2.24) is 0 Å². The van der Waals surface area contributed by atoms with Crippen molar-refractivity contribution in [2.24, 2.45) is 20.5 Å². The first kappa shape index (κ1) is 57.6. The number of esters is 3. The van der Waals surface area contributed by atoms with Crippen LogP contribution in [0, 0.1) is 0 Å². The Balaban J connectivity index is 1.24. The summed E-state index contributed by atoms with van der Waals surface area (Å²) in [6.45, 7) is 19.2. The van der Waals surface area contributed by atoms with Crippen LogP contribution in [0.25, 0.3) is 0 Å². The van der Waals surface area contributed by atoms with Gasteiger partial charge in [-0.05, 0) is 118 Å². The van der Waals surface area contributed by atoms with Gasteiger partial charge in [-0.15, -0.1) is 0 Å². The minimum absolute atomic E-state index is 0.0181. The maximum absolute atomic E-state index is 14.6. The third kappa shape index (κ3) is 13.7. The van der Waals surface area contributed by atoms with E-state index in [1.54, 1.807) is 84.9 Å². The van der Waals surface area contributed by atoms with E-state index in [0.717, 1.165) is 22.4 Å². The summed E-state index contributed by atoms with van der Waals surface area (Å²) in [7, 11) is 0. The van der Waals surface area contributed by atoms with Gasteiger partial charge in [-0.1, -0.05) is 172 Å². The van der Waals surface area contributed by atoms with Gasteiger partial charge < -0.3 is 19.3 Å². The Labute approximate surface area is 491 Å². The molecule has 8 bridgehead atoms. The number of carbonyl (C=O) groups excluding carboxylic acids is 3. The topological polar surface area (TPSA) is 149 Å². The summed E-state index contributed by atoms with van der Waals surface area (Å²) in [4.78, 5) is 43.7. The molecule has 0 heterocycles. The first-order chi connectivity index (χ1) is 40.1. The highest BCUT2D eigenvalue weighted by Crippen LogP contribution is 2.45. The molecular weight excluding hydrogens is 1040 g/mol. The van der Waals surface area contributed by atoms with Gasteiger partial charge in [0.05, 0.1) is 39.4 Å². The summed E-state index contributed by atoms with van der Waals surface area (Å²) in [5.74, 6) is -0.767. The number of benzene rings is 9. The van der Waals surface area contributed by atoms with Gasteiger partial charge in [0.1, 0.15) is 23.0 Å². The van der Waals surface area contributed by atoms with E-state index in [9.17, 15) is 19.5 Å². The molecule has 0 unspecified atom stereocenters. The van der Waals surface area contributed by atoms with Crippen LogP contribution in [0.1, 0.15) is 155 Å². The third-order valence-corrected chi connectivity index (χ3v) is 14.9. The third-order valence-electron chi connectivity index (χ3n) is 14.9. The number of phenolic OH excluding ortho intramolecular Hbond substituents is 1. The molecule has 10 rings (SSSR count). The second kappa shape index (κ2) is 24.1. The lowest BCUT2D eigenvalue weighted by Crippen LogP contribution is -2.19. The zero-order valence-corrected chi connectivity index (χ0v) is 49.0. The Morgan fingerprint density at radius 1 is 0.321 bits per heavy atom. The van der Waals surface area contributed by atoms with Crippen LogP contribution in [0.3, 0.4) is 0 Å². The van der Waals surface area contributed by atoms with E-state index >= 15 is 0 Å². The Kier molecular flexibility index (Phi) is 16.5. The average Bonchev–Trinajstić information content (AvgIpc) is 2.47. The van der Waals surface area contributed by atoms with Gasteiger partial charge in [-0.2, -0.15) is 20.5 Å². The lowest BCUT2D eigenvalue weighted by molar-refractivity contribution is 0.0722. The van der Waals surface area contributed by atoms with Crippen LogP contribution in [-0.4, -0.2) is 23.0 Å². The molecule has 11 nitrogen and oxygen atoms in total. The van der Waals surface area contributed by atoms with Crippen LogP contribution >= 0.6 is 0 Å². The minimum Gasteiger partial charge on any atom is -0.507 e. The molecule has 0 aromatic heterocycles. The van der Waals surface area contributed by atoms with Gasteiger partial charge in [-0.25, -0.2) is 14.4 Å². The zero-order valence-electron chi connectivity index (χ0n) is 49.0. The zero-order chi connectivity index (χ0) is 59.3. The predicted molar refractivity (Wildman–Crippen MR) is 330 cm³/mol. The Morgan fingerprint density at radius 2 is 0.560 bits per heavy atom. The molecule has 0 radical (unpaired) electrons. The molecule has 0 aliphatic heterocycles. The van der Waals surface area contributed by atoms with Crippen molar-refractivity contribution in [3.05, 3.63) is 272 Å². The number of hydrogen-bond acceptors (Lipinski definition) is 11. The van der Waals surface area contributed by atoms with Crippen molar-refractivity contribution in [1.29, 1.82) is 0 Å². The minimum atomic E-state index is -0.568. The molecule has 1 aliphatic carbocycles. The molecule has 0 atom stereocenters. The maximum atomic E-state index is 14.6. The van der Waals surface area contributed by atoms with Gasteiger partial charge in [0.15, 0.2) is 0 Å². The van der Waals surface area contributed by atoms with Crippen LogP contribution in [-0.2, 0) is 41.9 Å². The number of hydrogen-bond donors (Lipinski definition) is 1. The van der Waals surface area contributed by atoms with Gasteiger partial charge in [0.2, 0.25) is 0 Å². The van der Waals surface area contributed by atoms with E-state index in [0.29, 0.717) is 95.5 Å². The van der Waals surface area contributed by atoms with Crippen molar-refractivity contribution in [2.45, 2.75) is 104 Å². The lowest BCUT2D eigenvalue weighted by Gasteiger charge is -2.28. The van der Waals surface area contributed by atoms with Crippen LogP contribution in [0.2, 0.25) is 0 Å². The highest BCUT2D eigenvalue weighted by Gasteiger charge is 2.30. The van der Waals surface area contributed by atoms with Gasteiger partial charge in [0.25, 0.3) is 0 Å². The number of carbonyl (C=O) groups is 3. The number of rotatable bonds is 10. The molecule has 0 amide bonds. The van der Waals surface area contributed by atoms with Gasteiger partial charge in [-0.3, -0.25) is 0 Å². The molecular formula is C73H68N4O7. The quantitative estimate of drug-likeness (QED) is 0.0814. The van der Waals surface area contributed by atoms with Crippen molar-refractivity contribution in [3.63, 3.8) is 0 Å². The lowest BCUT2D eigenvalue weighted by atomic mass is 9.80. The first-order valence-corrected chi connectivity index (χ1v) is 28.3. The second-order valence-corrected chi connectivity index (χ2v) is 24.5. The average molecular weight is 1110 g/mol. The molecule has 1 N–H and O–H groups in total. The van der Waals surface area contributed by atoms with Crippen LogP contribution in [0.4, 0.5) is 22.7 Å². The molecule has 422 valence electrons. The van der Waals surface area contributed by atoms with Crippen LogP contribution < -0.4 is 14.2 Å². The molecule has 0 saturated heterocycles. The number of phenols is 1. The van der Waals surface area contributed by atoms with E-state index in [2.05, 4.69) is 96.8 Å². The Hall–Kier alpha value is -9.61. The molecule has 0 saturated carbocycles. The predicted octanol–water partition coefficient (Wildman–Crippen LogP) is 18.4. The fourth-order valence-corrected chi connectivity index (χ4v) is 10.1. The smallest absolute Gasteiger partial charge is 0.343 e. The van der Waals surface area contributed by atoms with E-state index < -0.39 is 34.2 Å². The number of nitrogens with zero attached hydrogens (tertiary/aromatic N) is 4. The van der Waals surface area contributed by atoms with Crippen molar-refractivity contribution >= 4 is 40.7 Å². The van der Waals surface area contributed by atoms with Gasteiger partial charge >= 0.3 is 17.9 Å². The highest BCUT2D eigenvalue weighted by atomic mass is 16.5. The van der Waals surface area contributed by atoms with Crippen molar-refractivity contribution < 1.29 is 33.7 Å². The monoisotopic (exact) mass is 1110 g/mol. The Bertz CT molecular complexity index is 3800. The van der Waals surface area contributed by atoms with Crippen molar-refractivity contribution in [2.75, 3.05) is 0 Å². The van der Waals surface area contributed by atoms with E-state index in [1.165, 1.54) is 0 Å². The van der Waals surface area contributed by atoms with E-state index in [4.69, 9.17) is 24.4 Å². The fraction of sp³-hybridized carbons (Fsp3) is 0.219. The van der Waals surface area contributed by atoms with Crippen LogP contribution in [0.5, 0.6) is 23.0 Å². The van der Waals surface area contributed by atoms with Gasteiger partial charge in [0, 0.05) is 70.2 Å². The number of aromatic hydroxyl groups is 1. The molecule has 0 spiro atoms. The highest BCUT2D eigenvalue weighted by molar-refractivity contribution is 5.93. The molecule has 11 heteroatoms. The Morgan fingerprint density at radius 3 is 0.833 bits per heavy atom.